The van der Waals surface area contributed by atoms with E-state index < -0.39 is 0 Å². The maximum Gasteiger partial charge on any atom is 0.128 e. The lowest BCUT2D eigenvalue weighted by molar-refractivity contribution is 0.391. The summed E-state index contributed by atoms with van der Waals surface area (Å²) < 4.78 is 0. The largest absolute Gasteiger partial charge is 0.356 e. The Morgan fingerprint density at radius 1 is 1.30 bits per heavy atom. The molecule has 1 aliphatic carbocycles. The van der Waals surface area contributed by atoms with Crippen LogP contribution >= 0.6 is 0 Å². The van der Waals surface area contributed by atoms with Crippen LogP contribution in [0.2, 0.25) is 0 Å². The zero-order chi connectivity index (χ0) is 13.8. The molecular weight excluding hydrogens is 246 g/mol. The van der Waals surface area contributed by atoms with E-state index in [1.165, 1.54) is 68.7 Å². The molecule has 1 saturated heterocycles. The molecular formula is C17H27N3. The summed E-state index contributed by atoms with van der Waals surface area (Å²) in [4.78, 5) is 7.41. The number of rotatable bonds is 5. The van der Waals surface area contributed by atoms with E-state index >= 15 is 0 Å². The fourth-order valence-corrected chi connectivity index (χ4v) is 3.51. The number of hydrogen-bond acceptors (Lipinski definition) is 3. The van der Waals surface area contributed by atoms with Gasteiger partial charge in [-0.25, -0.2) is 4.98 Å². The predicted octanol–water partition coefficient (Wildman–Crippen LogP) is 2.79. The van der Waals surface area contributed by atoms with Gasteiger partial charge in [-0.1, -0.05) is 13.0 Å². The van der Waals surface area contributed by atoms with Crippen molar-refractivity contribution in [2.24, 2.45) is 5.92 Å². The van der Waals surface area contributed by atoms with Crippen LogP contribution in [0.25, 0.3) is 0 Å². The van der Waals surface area contributed by atoms with Crippen LogP contribution in [0.15, 0.2) is 12.1 Å². The minimum atomic E-state index is 0.783. The van der Waals surface area contributed by atoms with Gasteiger partial charge in [-0.3, -0.25) is 0 Å². The van der Waals surface area contributed by atoms with Crippen LogP contribution in [0.1, 0.15) is 43.9 Å². The van der Waals surface area contributed by atoms with Gasteiger partial charge in [-0.15, -0.1) is 0 Å². The third-order valence-corrected chi connectivity index (χ3v) is 4.62. The second kappa shape index (κ2) is 6.57. The summed E-state index contributed by atoms with van der Waals surface area (Å²) in [7, 11) is 0. The first kappa shape index (κ1) is 13.9. The van der Waals surface area contributed by atoms with Gasteiger partial charge in [0.05, 0.1) is 0 Å². The van der Waals surface area contributed by atoms with Gasteiger partial charge in [0.15, 0.2) is 0 Å². The highest BCUT2D eigenvalue weighted by molar-refractivity contribution is 5.43. The van der Waals surface area contributed by atoms with Gasteiger partial charge in [-0.05, 0) is 69.2 Å². The third-order valence-electron chi connectivity index (χ3n) is 4.62. The highest BCUT2D eigenvalue weighted by Gasteiger charge is 2.22. The molecule has 0 spiro atoms. The summed E-state index contributed by atoms with van der Waals surface area (Å²) in [5.74, 6) is 2.00. The maximum absolute atomic E-state index is 4.91. The Hall–Kier alpha value is -1.09. The number of anilines is 1. The van der Waals surface area contributed by atoms with Crippen molar-refractivity contribution in [3.05, 3.63) is 23.4 Å². The molecule has 3 nitrogen and oxygen atoms in total. The van der Waals surface area contributed by atoms with E-state index in [0.717, 1.165) is 19.0 Å². The Balaban J connectivity index is 1.61. The molecule has 2 heterocycles. The van der Waals surface area contributed by atoms with Crippen LogP contribution in [0.4, 0.5) is 5.82 Å². The van der Waals surface area contributed by atoms with Crippen molar-refractivity contribution in [1.29, 1.82) is 0 Å². The summed E-state index contributed by atoms with van der Waals surface area (Å²) in [6.45, 7) is 6.88. The summed E-state index contributed by atoms with van der Waals surface area (Å²) in [6.07, 6.45) is 7.58. The van der Waals surface area contributed by atoms with Gasteiger partial charge < -0.3 is 10.2 Å². The number of piperidine rings is 1. The number of hydrogen-bond donors (Lipinski definition) is 1. The molecule has 1 fully saturated rings. The van der Waals surface area contributed by atoms with Gasteiger partial charge in [0.2, 0.25) is 0 Å². The van der Waals surface area contributed by atoms with E-state index in [4.69, 9.17) is 4.98 Å². The first-order valence-corrected chi connectivity index (χ1v) is 8.31. The van der Waals surface area contributed by atoms with Crippen molar-refractivity contribution in [1.82, 2.24) is 10.3 Å². The number of aryl methyl sites for hydroxylation is 2. The topological polar surface area (TPSA) is 28.2 Å². The lowest BCUT2D eigenvalue weighted by Crippen LogP contribution is -2.40. The quantitative estimate of drug-likeness (QED) is 0.836. The SMILES string of the molecule is CCCNCC1CCCN(c2ccc3c(n2)CCC3)C1. The van der Waals surface area contributed by atoms with E-state index in [2.05, 4.69) is 29.3 Å². The molecule has 0 bridgehead atoms. The second-order valence-electron chi connectivity index (χ2n) is 6.29. The molecule has 1 unspecified atom stereocenters. The van der Waals surface area contributed by atoms with Crippen LogP contribution in [0.5, 0.6) is 0 Å². The lowest BCUT2D eigenvalue weighted by atomic mass is 9.98. The minimum absolute atomic E-state index is 0.783. The van der Waals surface area contributed by atoms with E-state index in [0.29, 0.717) is 0 Å². The number of nitrogens with zero attached hydrogens (tertiary/aromatic N) is 2. The van der Waals surface area contributed by atoms with Crippen molar-refractivity contribution in [3.8, 4) is 0 Å². The summed E-state index contributed by atoms with van der Waals surface area (Å²) in [5.41, 5.74) is 2.83. The molecule has 3 rings (SSSR count). The molecule has 1 atom stereocenters. The Labute approximate surface area is 122 Å². The molecule has 3 heteroatoms. The average Bonchev–Trinajstić information content (AvgIpc) is 2.95. The third kappa shape index (κ3) is 3.14. The van der Waals surface area contributed by atoms with Crippen molar-refractivity contribution in [2.45, 2.75) is 45.4 Å². The Bertz CT molecular complexity index is 444. The lowest BCUT2D eigenvalue weighted by Gasteiger charge is -2.34. The molecule has 0 amide bonds. The molecule has 0 saturated carbocycles. The molecule has 1 aromatic heterocycles. The standard InChI is InChI=1S/C17H27N3/c1-2-10-18-12-14-5-4-11-20(13-14)17-9-8-15-6-3-7-16(15)19-17/h8-9,14,18H,2-7,10-13H2,1H3. The number of nitrogens with one attached hydrogen (secondary N) is 1. The number of aromatic nitrogens is 1. The molecule has 2 aliphatic rings. The first-order chi connectivity index (χ1) is 9.86. The predicted molar refractivity (Wildman–Crippen MR) is 84.4 cm³/mol. The summed E-state index contributed by atoms with van der Waals surface area (Å²) in [6, 6.07) is 4.55. The summed E-state index contributed by atoms with van der Waals surface area (Å²) >= 11 is 0. The molecule has 110 valence electrons. The van der Waals surface area contributed by atoms with Gasteiger partial charge in [0.25, 0.3) is 0 Å². The van der Waals surface area contributed by atoms with E-state index in [9.17, 15) is 0 Å². The second-order valence-corrected chi connectivity index (χ2v) is 6.29. The summed E-state index contributed by atoms with van der Waals surface area (Å²) in [5, 5.41) is 3.57. The Morgan fingerprint density at radius 3 is 3.15 bits per heavy atom. The molecule has 1 aliphatic heterocycles. The van der Waals surface area contributed by atoms with Crippen LogP contribution in [0.3, 0.4) is 0 Å². The van der Waals surface area contributed by atoms with E-state index in [1.807, 2.05) is 0 Å². The Kier molecular flexibility index (Phi) is 4.56. The molecule has 20 heavy (non-hydrogen) atoms. The fraction of sp³-hybridized carbons (Fsp3) is 0.706. The highest BCUT2D eigenvalue weighted by Crippen LogP contribution is 2.26. The van der Waals surface area contributed by atoms with E-state index in [1.54, 1.807) is 0 Å². The van der Waals surface area contributed by atoms with Crippen molar-refractivity contribution in [3.63, 3.8) is 0 Å². The average molecular weight is 273 g/mol. The maximum atomic E-state index is 4.91. The van der Waals surface area contributed by atoms with Gasteiger partial charge in [0, 0.05) is 18.8 Å². The van der Waals surface area contributed by atoms with Gasteiger partial charge in [-0.2, -0.15) is 0 Å². The number of pyridine rings is 1. The van der Waals surface area contributed by atoms with E-state index in [-0.39, 0.29) is 0 Å². The van der Waals surface area contributed by atoms with Crippen molar-refractivity contribution in [2.75, 3.05) is 31.1 Å². The normalized spacial score (nSPS) is 22.1. The van der Waals surface area contributed by atoms with Crippen LogP contribution in [-0.2, 0) is 12.8 Å². The molecule has 0 aromatic carbocycles. The first-order valence-electron chi connectivity index (χ1n) is 8.31. The number of fused-ring (bicyclic) bond motifs is 1. The van der Waals surface area contributed by atoms with Gasteiger partial charge >= 0.3 is 0 Å². The molecule has 1 N–H and O–H groups in total. The van der Waals surface area contributed by atoms with Crippen LogP contribution in [0, 0.1) is 5.92 Å². The van der Waals surface area contributed by atoms with Crippen LogP contribution < -0.4 is 10.2 Å². The van der Waals surface area contributed by atoms with Crippen LogP contribution in [-0.4, -0.2) is 31.2 Å². The Morgan fingerprint density at radius 2 is 2.25 bits per heavy atom. The van der Waals surface area contributed by atoms with Crippen molar-refractivity contribution >= 4 is 5.82 Å². The van der Waals surface area contributed by atoms with Crippen molar-refractivity contribution < 1.29 is 0 Å². The van der Waals surface area contributed by atoms with Gasteiger partial charge in [0.1, 0.15) is 5.82 Å². The monoisotopic (exact) mass is 273 g/mol. The zero-order valence-electron chi connectivity index (χ0n) is 12.7. The zero-order valence-corrected chi connectivity index (χ0v) is 12.7. The minimum Gasteiger partial charge on any atom is -0.356 e. The fourth-order valence-electron chi connectivity index (χ4n) is 3.51. The highest BCUT2D eigenvalue weighted by atomic mass is 15.2. The molecule has 0 radical (unpaired) electrons. The molecule has 1 aromatic rings. The smallest absolute Gasteiger partial charge is 0.128 e.